The minimum absolute atomic E-state index is 0.0628. The Morgan fingerprint density at radius 2 is 2.04 bits per heavy atom. The zero-order valence-electron chi connectivity index (χ0n) is 14.8. The molecule has 0 spiro atoms. The predicted octanol–water partition coefficient (Wildman–Crippen LogP) is 4.05. The van der Waals surface area contributed by atoms with Crippen molar-refractivity contribution in [3.63, 3.8) is 0 Å². The molecule has 1 fully saturated rings. The van der Waals surface area contributed by atoms with E-state index in [1.165, 1.54) is 5.56 Å². The first-order valence-electron chi connectivity index (χ1n) is 8.95. The molecule has 0 saturated carbocycles. The molecule has 4 rings (SSSR count). The summed E-state index contributed by atoms with van der Waals surface area (Å²) in [5, 5.41) is 16.9. The second kappa shape index (κ2) is 7.90. The maximum absolute atomic E-state index is 12.9. The Hall–Kier alpha value is -2.70. The van der Waals surface area contributed by atoms with Gasteiger partial charge in [-0.1, -0.05) is 30.3 Å². The van der Waals surface area contributed by atoms with Crippen molar-refractivity contribution in [3.8, 4) is 11.3 Å². The number of nitrogens with zero attached hydrogens (tertiary/aromatic N) is 2. The third-order valence-corrected chi connectivity index (χ3v) is 5.73. The third kappa shape index (κ3) is 3.72. The Morgan fingerprint density at radius 1 is 1.19 bits per heavy atom. The number of rotatable bonds is 4. The highest BCUT2D eigenvalue weighted by molar-refractivity contribution is 7.08. The molecule has 1 aromatic carbocycles. The number of anilines is 1. The second-order valence-electron chi connectivity index (χ2n) is 6.71. The van der Waals surface area contributed by atoms with Gasteiger partial charge in [0.25, 0.3) is 0 Å². The summed E-state index contributed by atoms with van der Waals surface area (Å²) in [6.45, 7) is 1.23. The molecule has 27 heavy (non-hydrogen) atoms. The molecule has 3 heterocycles. The lowest BCUT2D eigenvalue weighted by Crippen LogP contribution is -2.33. The summed E-state index contributed by atoms with van der Waals surface area (Å²) in [6.07, 6.45) is 1.72. The largest absolute Gasteiger partial charge is 0.396 e. The van der Waals surface area contributed by atoms with E-state index in [9.17, 15) is 9.90 Å². The Bertz CT molecular complexity index is 899. The third-order valence-electron chi connectivity index (χ3n) is 5.03. The molecule has 1 aliphatic heterocycles. The fourth-order valence-corrected chi connectivity index (χ4v) is 4.34. The Morgan fingerprint density at radius 3 is 2.78 bits per heavy atom. The van der Waals surface area contributed by atoms with Gasteiger partial charge >= 0.3 is 6.03 Å². The quantitative estimate of drug-likeness (QED) is 0.719. The maximum Gasteiger partial charge on any atom is 0.321 e. The van der Waals surface area contributed by atoms with Crippen LogP contribution in [0.25, 0.3) is 11.3 Å². The van der Waals surface area contributed by atoms with Crippen LogP contribution in [0.3, 0.4) is 0 Å². The first-order chi connectivity index (χ1) is 13.3. The van der Waals surface area contributed by atoms with Gasteiger partial charge in [0.15, 0.2) is 0 Å². The van der Waals surface area contributed by atoms with E-state index in [1.807, 2.05) is 47.8 Å². The van der Waals surface area contributed by atoms with E-state index in [4.69, 9.17) is 0 Å². The Labute approximate surface area is 162 Å². The topological polar surface area (TPSA) is 65.5 Å². The number of pyridine rings is 1. The molecular weight excluding hydrogens is 358 g/mol. The van der Waals surface area contributed by atoms with Crippen molar-refractivity contribution in [2.24, 2.45) is 5.92 Å². The van der Waals surface area contributed by atoms with Crippen LogP contribution in [-0.4, -0.2) is 40.7 Å². The average Bonchev–Trinajstić information content (AvgIpc) is 3.38. The van der Waals surface area contributed by atoms with E-state index in [1.54, 1.807) is 22.4 Å². The molecule has 138 valence electrons. The number of carbonyl (C=O) groups is 1. The lowest BCUT2D eigenvalue weighted by atomic mass is 9.92. The SMILES string of the molecule is O=C(Nc1cccnc1-c1ccccc1)N1C[C@@H](CO)[C@H](c2ccsc2)C1. The number of thiophene rings is 1. The molecule has 2 N–H and O–H groups in total. The molecule has 0 radical (unpaired) electrons. The molecule has 3 aromatic rings. The van der Waals surface area contributed by atoms with Gasteiger partial charge < -0.3 is 15.3 Å². The summed E-state index contributed by atoms with van der Waals surface area (Å²) in [5.74, 6) is 0.238. The molecule has 1 aliphatic rings. The van der Waals surface area contributed by atoms with Gasteiger partial charge in [-0.2, -0.15) is 11.3 Å². The number of aliphatic hydroxyl groups is 1. The monoisotopic (exact) mass is 379 g/mol. The minimum atomic E-state index is -0.156. The van der Waals surface area contributed by atoms with Crippen LogP contribution in [0.2, 0.25) is 0 Å². The number of nitrogens with one attached hydrogen (secondary N) is 1. The Balaban J connectivity index is 1.52. The van der Waals surface area contributed by atoms with Crippen LogP contribution in [0, 0.1) is 5.92 Å². The van der Waals surface area contributed by atoms with Gasteiger partial charge in [-0.3, -0.25) is 4.98 Å². The number of likely N-dealkylation sites (tertiary alicyclic amines) is 1. The fourth-order valence-electron chi connectivity index (χ4n) is 3.61. The molecule has 0 bridgehead atoms. The molecule has 2 atom stereocenters. The van der Waals surface area contributed by atoms with Crippen molar-refractivity contribution in [1.82, 2.24) is 9.88 Å². The van der Waals surface area contributed by atoms with Crippen molar-refractivity contribution in [1.29, 1.82) is 0 Å². The highest BCUT2D eigenvalue weighted by Gasteiger charge is 2.36. The van der Waals surface area contributed by atoms with Crippen molar-refractivity contribution < 1.29 is 9.90 Å². The molecule has 5 nitrogen and oxygen atoms in total. The average molecular weight is 379 g/mol. The van der Waals surface area contributed by atoms with Crippen LogP contribution >= 0.6 is 11.3 Å². The molecule has 6 heteroatoms. The number of hydrogen-bond acceptors (Lipinski definition) is 4. The zero-order valence-corrected chi connectivity index (χ0v) is 15.6. The molecular formula is C21H21N3O2S. The van der Waals surface area contributed by atoms with Crippen LogP contribution in [0.15, 0.2) is 65.5 Å². The van der Waals surface area contributed by atoms with E-state index in [0.717, 1.165) is 11.3 Å². The number of urea groups is 1. The number of aliphatic hydroxyl groups excluding tert-OH is 1. The van der Waals surface area contributed by atoms with E-state index in [-0.39, 0.29) is 24.5 Å². The molecule has 0 unspecified atom stereocenters. The van der Waals surface area contributed by atoms with Gasteiger partial charge in [0.1, 0.15) is 0 Å². The zero-order chi connectivity index (χ0) is 18.6. The summed E-state index contributed by atoms with van der Waals surface area (Å²) in [6, 6.07) is 15.4. The fraction of sp³-hybridized carbons (Fsp3) is 0.238. The highest BCUT2D eigenvalue weighted by atomic mass is 32.1. The Kier molecular flexibility index (Phi) is 5.18. The number of benzene rings is 1. The van der Waals surface area contributed by atoms with Crippen LogP contribution in [0.4, 0.5) is 10.5 Å². The highest BCUT2D eigenvalue weighted by Crippen LogP contribution is 2.34. The number of carbonyl (C=O) groups excluding carboxylic acids is 1. The number of aromatic nitrogens is 1. The summed E-state index contributed by atoms with van der Waals surface area (Å²) < 4.78 is 0. The van der Waals surface area contributed by atoms with Crippen molar-refractivity contribution in [2.75, 3.05) is 25.0 Å². The normalized spacial score (nSPS) is 19.2. The first kappa shape index (κ1) is 17.7. The second-order valence-corrected chi connectivity index (χ2v) is 7.49. The lowest BCUT2D eigenvalue weighted by molar-refractivity contribution is 0.207. The van der Waals surface area contributed by atoms with Crippen molar-refractivity contribution in [2.45, 2.75) is 5.92 Å². The first-order valence-corrected chi connectivity index (χ1v) is 9.90. The summed E-state index contributed by atoms with van der Waals surface area (Å²) in [4.78, 5) is 19.1. The van der Waals surface area contributed by atoms with Gasteiger partial charge in [-0.05, 0) is 34.5 Å². The number of hydrogen-bond donors (Lipinski definition) is 2. The van der Waals surface area contributed by atoms with Gasteiger partial charge in [0.2, 0.25) is 0 Å². The van der Waals surface area contributed by atoms with Gasteiger partial charge in [0.05, 0.1) is 11.4 Å². The predicted molar refractivity (Wildman–Crippen MR) is 108 cm³/mol. The summed E-state index contributed by atoms with van der Waals surface area (Å²) in [5.41, 5.74) is 3.59. The van der Waals surface area contributed by atoms with Crippen molar-refractivity contribution in [3.05, 3.63) is 71.1 Å². The molecule has 1 saturated heterocycles. The van der Waals surface area contributed by atoms with E-state index < -0.39 is 0 Å². The van der Waals surface area contributed by atoms with Crippen molar-refractivity contribution >= 4 is 23.1 Å². The summed E-state index contributed by atoms with van der Waals surface area (Å²) >= 11 is 1.64. The van der Waals surface area contributed by atoms with Gasteiger partial charge in [-0.15, -0.1) is 0 Å². The lowest BCUT2D eigenvalue weighted by Gasteiger charge is -2.18. The van der Waals surface area contributed by atoms with Crippen LogP contribution < -0.4 is 5.32 Å². The van der Waals surface area contributed by atoms with E-state index in [2.05, 4.69) is 21.7 Å². The van der Waals surface area contributed by atoms with Crippen LogP contribution in [0.1, 0.15) is 11.5 Å². The van der Waals surface area contributed by atoms with Crippen LogP contribution in [-0.2, 0) is 0 Å². The summed E-state index contributed by atoms with van der Waals surface area (Å²) in [7, 11) is 0. The smallest absolute Gasteiger partial charge is 0.321 e. The molecule has 0 aliphatic carbocycles. The molecule has 2 amide bonds. The van der Waals surface area contributed by atoms with Crippen LogP contribution in [0.5, 0.6) is 0 Å². The van der Waals surface area contributed by atoms with E-state index >= 15 is 0 Å². The van der Waals surface area contributed by atoms with Gasteiger partial charge in [0, 0.05) is 43.3 Å². The minimum Gasteiger partial charge on any atom is -0.396 e. The number of amides is 2. The maximum atomic E-state index is 12.9. The van der Waals surface area contributed by atoms with Gasteiger partial charge in [-0.25, -0.2) is 4.79 Å². The molecule has 2 aromatic heterocycles. The van der Waals surface area contributed by atoms with E-state index in [0.29, 0.717) is 18.8 Å². The standard InChI is InChI=1S/C21H21N3O2S/c25-13-17-11-24(12-18(17)16-8-10-27-14-16)21(26)23-19-7-4-9-22-20(19)15-5-2-1-3-6-15/h1-10,14,17-18,25H,11-13H2,(H,23,26)/t17-,18-/m0/s1.